The number of epoxide rings is 1. The fourth-order valence-corrected chi connectivity index (χ4v) is 8.47. The van der Waals surface area contributed by atoms with Crippen LogP contribution >= 0.6 is 0 Å². The molecule has 174 valence electrons. The molecule has 0 radical (unpaired) electrons. The molecule has 1 aliphatic heterocycles. The highest BCUT2D eigenvalue weighted by molar-refractivity contribution is 5.45. The molecule has 0 bridgehead atoms. The number of fused-ring (bicyclic) bond motifs is 3. The van der Waals surface area contributed by atoms with E-state index in [4.69, 9.17) is 4.74 Å². The van der Waals surface area contributed by atoms with Crippen LogP contribution in [0.15, 0.2) is 23.3 Å². The summed E-state index contributed by atoms with van der Waals surface area (Å²) in [4.78, 5) is 0. The van der Waals surface area contributed by atoms with E-state index in [1.54, 1.807) is 0 Å². The van der Waals surface area contributed by atoms with Gasteiger partial charge in [-0.25, -0.2) is 0 Å². The lowest BCUT2D eigenvalue weighted by atomic mass is 9.50. The first-order chi connectivity index (χ1) is 14.5. The van der Waals surface area contributed by atoms with E-state index in [0.29, 0.717) is 36.0 Å². The van der Waals surface area contributed by atoms with Crippen LogP contribution in [-0.2, 0) is 4.74 Å². The van der Waals surface area contributed by atoms with Crippen LogP contribution in [0.25, 0.3) is 0 Å². The van der Waals surface area contributed by atoms with E-state index >= 15 is 0 Å². The molecule has 3 heteroatoms. The highest BCUT2D eigenvalue weighted by Crippen LogP contribution is 2.72. The number of aliphatic hydroxyl groups excluding tert-OH is 2. The Labute approximate surface area is 189 Å². The summed E-state index contributed by atoms with van der Waals surface area (Å²) in [5, 5.41) is 21.9. The van der Waals surface area contributed by atoms with E-state index in [9.17, 15) is 10.2 Å². The van der Waals surface area contributed by atoms with Crippen LogP contribution in [0, 0.1) is 40.4 Å². The summed E-state index contributed by atoms with van der Waals surface area (Å²) in [6, 6.07) is 0. The zero-order valence-electron chi connectivity index (χ0n) is 20.5. The number of rotatable bonds is 4. The fraction of sp³-hybridized carbons (Fsp3) is 0.857. The Morgan fingerprint density at radius 3 is 2.45 bits per heavy atom. The van der Waals surface area contributed by atoms with Crippen LogP contribution in [0.3, 0.4) is 0 Å². The third kappa shape index (κ3) is 2.95. The Balaban J connectivity index is 1.45. The SMILES string of the molecule is CC(C)[C@@H](C)/C=C/[C@@H](C)[C@H]1CCC2C3=C(CC[C@@]21C)[C@@]1(C)CC[C@H](O)C[C@@]12O[C@H]2[C@H]3O. The molecule has 1 unspecified atom stereocenters. The van der Waals surface area contributed by atoms with E-state index in [1.165, 1.54) is 30.4 Å². The summed E-state index contributed by atoms with van der Waals surface area (Å²) in [6.45, 7) is 14.3. The number of hydrogen-bond donors (Lipinski definition) is 2. The van der Waals surface area contributed by atoms with Gasteiger partial charge in [0.05, 0.1) is 6.10 Å². The van der Waals surface area contributed by atoms with Gasteiger partial charge in [-0.2, -0.15) is 0 Å². The van der Waals surface area contributed by atoms with Crippen LogP contribution in [0.5, 0.6) is 0 Å². The summed E-state index contributed by atoms with van der Waals surface area (Å²) < 4.78 is 6.33. The fourth-order valence-electron chi connectivity index (χ4n) is 8.47. The molecular formula is C28H44O3. The smallest absolute Gasteiger partial charge is 0.118 e. The van der Waals surface area contributed by atoms with Gasteiger partial charge < -0.3 is 14.9 Å². The maximum absolute atomic E-state index is 11.5. The van der Waals surface area contributed by atoms with Gasteiger partial charge in [0, 0.05) is 11.8 Å². The topological polar surface area (TPSA) is 53.0 Å². The average molecular weight is 429 g/mol. The summed E-state index contributed by atoms with van der Waals surface area (Å²) >= 11 is 0. The van der Waals surface area contributed by atoms with Gasteiger partial charge in [0.25, 0.3) is 0 Å². The van der Waals surface area contributed by atoms with Crippen molar-refractivity contribution in [3.63, 3.8) is 0 Å². The van der Waals surface area contributed by atoms with Crippen LogP contribution < -0.4 is 0 Å². The van der Waals surface area contributed by atoms with E-state index in [2.05, 4.69) is 53.7 Å². The second kappa shape index (κ2) is 7.18. The molecule has 4 aliphatic carbocycles. The molecule has 5 rings (SSSR count). The van der Waals surface area contributed by atoms with Crippen molar-refractivity contribution in [2.75, 3.05) is 0 Å². The van der Waals surface area contributed by atoms with Crippen LogP contribution in [-0.4, -0.2) is 34.1 Å². The second-order valence-corrected chi connectivity index (χ2v) is 12.6. The monoisotopic (exact) mass is 428 g/mol. The highest BCUT2D eigenvalue weighted by Gasteiger charge is 2.76. The van der Waals surface area contributed by atoms with Gasteiger partial charge in [-0.05, 0) is 79.1 Å². The van der Waals surface area contributed by atoms with Gasteiger partial charge in [0.2, 0.25) is 0 Å². The molecule has 1 spiro atoms. The quantitative estimate of drug-likeness (QED) is 0.449. The minimum atomic E-state index is -0.469. The lowest BCUT2D eigenvalue weighted by molar-refractivity contribution is -0.000636. The predicted molar refractivity (Wildman–Crippen MR) is 124 cm³/mol. The number of allylic oxidation sites excluding steroid dienone is 2. The third-order valence-corrected chi connectivity index (χ3v) is 10.9. The lowest BCUT2D eigenvalue weighted by Crippen LogP contribution is -2.55. The molecule has 2 N–H and O–H groups in total. The molecule has 5 aliphatic rings. The van der Waals surface area contributed by atoms with Crippen molar-refractivity contribution < 1.29 is 14.9 Å². The minimum Gasteiger partial charge on any atom is -0.393 e. The molecule has 0 amide bonds. The molecule has 0 aromatic heterocycles. The van der Waals surface area contributed by atoms with Gasteiger partial charge in [0.15, 0.2) is 0 Å². The van der Waals surface area contributed by atoms with Gasteiger partial charge >= 0.3 is 0 Å². The number of aliphatic hydroxyl groups is 2. The standard InChI is InChI=1S/C28H44O3/c1-16(2)17(3)7-8-18(4)20-9-10-21-23-22(12-13-26(20,21)5)27(6)14-11-19(29)15-28(27)25(31-28)24(23)30/h7-8,16-21,24-25,29-30H,9-15H2,1-6H3/b8-7+/t17-,18+,19-,20+,21?,24-,25-,26+,27+,28-/m0/s1. The Bertz CT molecular complexity index is 798. The Morgan fingerprint density at radius 2 is 1.74 bits per heavy atom. The first-order valence-electron chi connectivity index (χ1n) is 13.0. The Kier molecular flexibility index (Phi) is 5.13. The first kappa shape index (κ1) is 22.2. The molecule has 0 aromatic rings. The largest absolute Gasteiger partial charge is 0.393 e. The normalized spacial score (nSPS) is 50.7. The molecule has 2 saturated carbocycles. The summed E-state index contributed by atoms with van der Waals surface area (Å²) in [5.41, 5.74) is 2.84. The van der Waals surface area contributed by atoms with Gasteiger partial charge in [-0.3, -0.25) is 0 Å². The van der Waals surface area contributed by atoms with Crippen molar-refractivity contribution in [3.8, 4) is 0 Å². The van der Waals surface area contributed by atoms with E-state index < -0.39 is 6.10 Å². The molecule has 31 heavy (non-hydrogen) atoms. The number of hydrogen-bond acceptors (Lipinski definition) is 3. The predicted octanol–water partition coefficient (Wildman–Crippen LogP) is 5.66. The maximum Gasteiger partial charge on any atom is 0.118 e. The van der Waals surface area contributed by atoms with Gasteiger partial charge in [0.1, 0.15) is 17.8 Å². The Hall–Kier alpha value is -0.640. The van der Waals surface area contributed by atoms with Gasteiger partial charge in [-0.1, -0.05) is 59.3 Å². The zero-order valence-corrected chi connectivity index (χ0v) is 20.5. The Morgan fingerprint density at radius 1 is 1.00 bits per heavy atom. The highest BCUT2D eigenvalue weighted by atomic mass is 16.6. The van der Waals surface area contributed by atoms with Gasteiger partial charge in [-0.15, -0.1) is 0 Å². The molecule has 1 saturated heterocycles. The van der Waals surface area contributed by atoms with Crippen molar-refractivity contribution in [1.82, 2.24) is 0 Å². The summed E-state index contributed by atoms with van der Waals surface area (Å²) in [5.74, 6) is 3.05. The molecule has 0 aromatic carbocycles. The van der Waals surface area contributed by atoms with Crippen molar-refractivity contribution in [2.24, 2.45) is 40.4 Å². The van der Waals surface area contributed by atoms with Crippen LogP contribution in [0.1, 0.15) is 86.5 Å². The molecule has 3 nitrogen and oxygen atoms in total. The molecule has 10 atom stereocenters. The summed E-state index contributed by atoms with van der Waals surface area (Å²) in [7, 11) is 0. The van der Waals surface area contributed by atoms with Crippen molar-refractivity contribution in [1.29, 1.82) is 0 Å². The molecular weight excluding hydrogens is 384 g/mol. The molecule has 3 fully saturated rings. The van der Waals surface area contributed by atoms with Crippen molar-refractivity contribution in [2.45, 2.75) is 110 Å². The van der Waals surface area contributed by atoms with E-state index in [-0.39, 0.29) is 28.6 Å². The zero-order chi connectivity index (χ0) is 22.3. The average Bonchev–Trinajstić information content (AvgIpc) is 3.34. The second-order valence-electron chi connectivity index (χ2n) is 12.6. The van der Waals surface area contributed by atoms with E-state index in [0.717, 1.165) is 19.3 Å². The van der Waals surface area contributed by atoms with Crippen molar-refractivity contribution >= 4 is 0 Å². The summed E-state index contributed by atoms with van der Waals surface area (Å²) in [6.07, 6.45) is 11.4. The molecule has 1 heterocycles. The van der Waals surface area contributed by atoms with Crippen LogP contribution in [0.4, 0.5) is 0 Å². The van der Waals surface area contributed by atoms with Crippen molar-refractivity contribution in [3.05, 3.63) is 23.3 Å². The number of ether oxygens (including phenoxy) is 1. The minimum absolute atomic E-state index is 0.00307. The van der Waals surface area contributed by atoms with Crippen LogP contribution in [0.2, 0.25) is 0 Å². The maximum atomic E-state index is 11.5. The lowest BCUT2D eigenvalue weighted by Gasteiger charge is -2.54. The first-order valence-corrected chi connectivity index (χ1v) is 13.0. The van der Waals surface area contributed by atoms with E-state index in [1.807, 2.05) is 0 Å². The third-order valence-electron chi connectivity index (χ3n) is 10.9.